The standard InChI is InChI=1S/C16H21BrN6/c1-3-22-6-8-23(9-7-22)16-20-15(11-18-21-16)19-14-5-4-12(2)10-13(14)17/h4-5,10-11H,3,6-9H2,1-2H3,(H,19,20,21). The molecule has 3 rings (SSSR count). The molecule has 0 spiro atoms. The van der Waals surface area contributed by atoms with Crippen LogP contribution in [0.3, 0.4) is 0 Å². The van der Waals surface area contributed by atoms with Gasteiger partial charge in [-0.3, -0.25) is 0 Å². The molecular weight excluding hydrogens is 356 g/mol. The number of likely N-dealkylation sites (N-methyl/N-ethyl adjacent to an activating group) is 1. The fourth-order valence-electron chi connectivity index (χ4n) is 2.61. The number of piperazine rings is 1. The Hall–Kier alpha value is -1.73. The number of aromatic nitrogens is 3. The molecule has 0 unspecified atom stereocenters. The van der Waals surface area contributed by atoms with E-state index in [9.17, 15) is 0 Å². The second-order valence-corrected chi connectivity index (χ2v) is 6.53. The van der Waals surface area contributed by atoms with Gasteiger partial charge in [0, 0.05) is 30.7 Å². The highest BCUT2D eigenvalue weighted by atomic mass is 79.9. The van der Waals surface area contributed by atoms with Crippen LogP contribution in [0.15, 0.2) is 28.9 Å². The summed E-state index contributed by atoms with van der Waals surface area (Å²) in [5, 5.41) is 11.6. The number of hydrogen-bond acceptors (Lipinski definition) is 6. The van der Waals surface area contributed by atoms with E-state index < -0.39 is 0 Å². The van der Waals surface area contributed by atoms with Crippen LogP contribution in [0.5, 0.6) is 0 Å². The van der Waals surface area contributed by atoms with Gasteiger partial charge in [-0.05, 0) is 47.1 Å². The first-order valence-corrected chi connectivity index (χ1v) is 8.65. The molecule has 2 heterocycles. The third kappa shape index (κ3) is 3.97. The number of anilines is 3. The largest absolute Gasteiger partial charge is 0.338 e. The highest BCUT2D eigenvalue weighted by Gasteiger charge is 2.18. The van der Waals surface area contributed by atoms with Crippen molar-refractivity contribution in [1.82, 2.24) is 20.1 Å². The molecule has 1 aliphatic heterocycles. The highest BCUT2D eigenvalue weighted by molar-refractivity contribution is 9.10. The van der Waals surface area contributed by atoms with Crippen LogP contribution in [0.4, 0.5) is 17.5 Å². The molecule has 1 aromatic heterocycles. The van der Waals surface area contributed by atoms with Gasteiger partial charge in [0.2, 0.25) is 5.95 Å². The van der Waals surface area contributed by atoms with E-state index >= 15 is 0 Å². The Morgan fingerprint density at radius 1 is 1.22 bits per heavy atom. The highest BCUT2D eigenvalue weighted by Crippen LogP contribution is 2.26. The lowest BCUT2D eigenvalue weighted by Gasteiger charge is -2.33. The van der Waals surface area contributed by atoms with Gasteiger partial charge in [-0.15, -0.1) is 5.10 Å². The summed E-state index contributed by atoms with van der Waals surface area (Å²) in [4.78, 5) is 9.22. The molecule has 2 aromatic rings. The zero-order chi connectivity index (χ0) is 16.2. The van der Waals surface area contributed by atoms with Crippen molar-refractivity contribution in [3.05, 3.63) is 34.4 Å². The van der Waals surface area contributed by atoms with Crippen LogP contribution in [-0.2, 0) is 0 Å². The first kappa shape index (κ1) is 16.1. The lowest BCUT2D eigenvalue weighted by atomic mass is 10.2. The van der Waals surface area contributed by atoms with E-state index in [1.54, 1.807) is 6.20 Å². The maximum atomic E-state index is 4.61. The molecule has 7 heteroatoms. The Kier molecular flexibility index (Phi) is 5.07. The molecule has 6 nitrogen and oxygen atoms in total. The summed E-state index contributed by atoms with van der Waals surface area (Å²) in [6.07, 6.45) is 1.65. The van der Waals surface area contributed by atoms with E-state index in [-0.39, 0.29) is 0 Å². The number of nitrogens with zero attached hydrogens (tertiary/aromatic N) is 5. The second kappa shape index (κ2) is 7.23. The average molecular weight is 377 g/mol. The number of benzene rings is 1. The number of aryl methyl sites for hydroxylation is 1. The Morgan fingerprint density at radius 3 is 2.70 bits per heavy atom. The number of halogens is 1. The molecular formula is C16H21BrN6. The molecule has 0 atom stereocenters. The molecule has 0 radical (unpaired) electrons. The Balaban J connectivity index is 1.72. The van der Waals surface area contributed by atoms with E-state index in [2.05, 4.69) is 72.2 Å². The summed E-state index contributed by atoms with van der Waals surface area (Å²) < 4.78 is 1.01. The molecule has 23 heavy (non-hydrogen) atoms. The van der Waals surface area contributed by atoms with E-state index in [1.165, 1.54) is 5.56 Å². The molecule has 1 aliphatic rings. The van der Waals surface area contributed by atoms with Gasteiger partial charge in [0.1, 0.15) is 0 Å². The maximum absolute atomic E-state index is 4.61. The van der Waals surface area contributed by atoms with E-state index in [0.717, 1.165) is 42.9 Å². The van der Waals surface area contributed by atoms with Gasteiger partial charge in [0.15, 0.2) is 5.82 Å². The normalized spacial score (nSPS) is 15.7. The van der Waals surface area contributed by atoms with Gasteiger partial charge in [0.25, 0.3) is 0 Å². The Morgan fingerprint density at radius 2 is 2.00 bits per heavy atom. The number of hydrogen-bond donors (Lipinski definition) is 1. The predicted octanol–water partition coefficient (Wildman–Crippen LogP) is 2.83. The molecule has 1 saturated heterocycles. The van der Waals surface area contributed by atoms with Crippen molar-refractivity contribution >= 4 is 33.4 Å². The topological polar surface area (TPSA) is 57.2 Å². The number of rotatable bonds is 4. The van der Waals surface area contributed by atoms with Crippen LogP contribution >= 0.6 is 15.9 Å². The minimum atomic E-state index is 0.689. The monoisotopic (exact) mass is 376 g/mol. The molecule has 1 fully saturated rings. The van der Waals surface area contributed by atoms with E-state index in [4.69, 9.17) is 0 Å². The van der Waals surface area contributed by atoms with Crippen molar-refractivity contribution in [3.63, 3.8) is 0 Å². The lowest BCUT2D eigenvalue weighted by molar-refractivity contribution is 0.269. The second-order valence-electron chi connectivity index (χ2n) is 5.67. The van der Waals surface area contributed by atoms with E-state index in [0.29, 0.717) is 11.8 Å². The molecule has 0 bridgehead atoms. The summed E-state index contributed by atoms with van der Waals surface area (Å²) in [6, 6.07) is 6.16. The third-order valence-corrected chi connectivity index (χ3v) is 4.69. The summed E-state index contributed by atoms with van der Waals surface area (Å²) in [7, 11) is 0. The molecule has 122 valence electrons. The van der Waals surface area contributed by atoms with Crippen LogP contribution in [0.1, 0.15) is 12.5 Å². The van der Waals surface area contributed by atoms with Crippen molar-refractivity contribution in [2.24, 2.45) is 0 Å². The minimum Gasteiger partial charge on any atom is -0.338 e. The number of nitrogens with one attached hydrogen (secondary N) is 1. The summed E-state index contributed by atoms with van der Waals surface area (Å²) in [5.41, 5.74) is 2.18. The molecule has 1 aromatic carbocycles. The summed E-state index contributed by atoms with van der Waals surface area (Å²) in [5.74, 6) is 1.39. The Labute approximate surface area is 145 Å². The van der Waals surface area contributed by atoms with Gasteiger partial charge in [-0.2, -0.15) is 10.1 Å². The van der Waals surface area contributed by atoms with Crippen LogP contribution < -0.4 is 10.2 Å². The quantitative estimate of drug-likeness (QED) is 0.885. The summed E-state index contributed by atoms with van der Waals surface area (Å²) in [6.45, 7) is 9.31. The molecule has 1 N–H and O–H groups in total. The van der Waals surface area contributed by atoms with Crippen LogP contribution in [0.2, 0.25) is 0 Å². The van der Waals surface area contributed by atoms with Gasteiger partial charge >= 0.3 is 0 Å². The third-order valence-electron chi connectivity index (χ3n) is 4.04. The fraction of sp³-hybridized carbons (Fsp3) is 0.438. The fourth-order valence-corrected chi connectivity index (χ4v) is 3.20. The van der Waals surface area contributed by atoms with Crippen LogP contribution in [0, 0.1) is 6.92 Å². The van der Waals surface area contributed by atoms with Gasteiger partial charge in [0.05, 0.1) is 11.9 Å². The van der Waals surface area contributed by atoms with Crippen molar-refractivity contribution in [3.8, 4) is 0 Å². The van der Waals surface area contributed by atoms with Crippen molar-refractivity contribution < 1.29 is 0 Å². The zero-order valence-electron chi connectivity index (χ0n) is 13.5. The van der Waals surface area contributed by atoms with Crippen LogP contribution in [-0.4, -0.2) is 52.8 Å². The van der Waals surface area contributed by atoms with Crippen LogP contribution in [0.25, 0.3) is 0 Å². The first-order valence-electron chi connectivity index (χ1n) is 7.86. The SMILES string of the molecule is CCN1CCN(c2nncc(Nc3ccc(C)cc3Br)n2)CC1. The maximum Gasteiger partial charge on any atom is 0.247 e. The predicted molar refractivity (Wildman–Crippen MR) is 96.3 cm³/mol. The van der Waals surface area contributed by atoms with Gasteiger partial charge in [-0.1, -0.05) is 13.0 Å². The average Bonchev–Trinajstić information content (AvgIpc) is 2.58. The smallest absolute Gasteiger partial charge is 0.247 e. The minimum absolute atomic E-state index is 0.689. The summed E-state index contributed by atoms with van der Waals surface area (Å²) >= 11 is 3.57. The molecule has 0 saturated carbocycles. The van der Waals surface area contributed by atoms with Gasteiger partial charge in [-0.25, -0.2) is 0 Å². The molecule has 0 aliphatic carbocycles. The Bertz CT molecular complexity index is 669. The van der Waals surface area contributed by atoms with Gasteiger partial charge < -0.3 is 15.1 Å². The van der Waals surface area contributed by atoms with Crippen molar-refractivity contribution in [2.75, 3.05) is 42.9 Å². The zero-order valence-corrected chi connectivity index (χ0v) is 15.0. The lowest BCUT2D eigenvalue weighted by Crippen LogP contribution is -2.46. The first-order chi connectivity index (χ1) is 11.2. The van der Waals surface area contributed by atoms with E-state index in [1.807, 2.05) is 6.07 Å². The van der Waals surface area contributed by atoms with Crippen molar-refractivity contribution in [1.29, 1.82) is 0 Å². The van der Waals surface area contributed by atoms with Crippen molar-refractivity contribution in [2.45, 2.75) is 13.8 Å². The molecule has 0 amide bonds.